The van der Waals surface area contributed by atoms with Crippen LogP contribution >= 0.6 is 0 Å². The highest BCUT2D eigenvalue weighted by molar-refractivity contribution is 5.92. The van der Waals surface area contributed by atoms with Gasteiger partial charge in [-0.3, -0.25) is 24.0 Å². The molecule has 1 N–H and O–H groups in total. The van der Waals surface area contributed by atoms with Gasteiger partial charge in [-0.2, -0.15) is 0 Å². The van der Waals surface area contributed by atoms with Crippen LogP contribution in [0.1, 0.15) is 207 Å². The van der Waals surface area contributed by atoms with Gasteiger partial charge in [0.25, 0.3) is 0 Å². The quantitative estimate of drug-likeness (QED) is 0.0626. The minimum absolute atomic E-state index is 0.0592. The van der Waals surface area contributed by atoms with Crippen molar-refractivity contribution < 1.29 is 29.1 Å². The van der Waals surface area contributed by atoms with Gasteiger partial charge in [-0.15, -0.1) is 0 Å². The van der Waals surface area contributed by atoms with Crippen molar-refractivity contribution in [2.45, 2.75) is 207 Å². The summed E-state index contributed by atoms with van der Waals surface area (Å²) in [6.07, 6.45) is 26.9. The first-order chi connectivity index (χ1) is 27.0. The van der Waals surface area contributed by atoms with E-state index in [2.05, 4.69) is 59.8 Å². The number of carboxylic acids is 1. The van der Waals surface area contributed by atoms with E-state index in [0.717, 1.165) is 63.4 Å². The molecule has 0 heterocycles. The van der Waals surface area contributed by atoms with Gasteiger partial charge in [-0.1, -0.05) is 164 Å². The Balaban J connectivity index is -0.000000764. The molecule has 0 aromatic heterocycles. The first-order valence-corrected chi connectivity index (χ1v) is 22.7. The molecule has 0 aliphatic heterocycles. The summed E-state index contributed by atoms with van der Waals surface area (Å²) >= 11 is 0. The van der Waals surface area contributed by atoms with Crippen LogP contribution in [-0.4, -0.2) is 34.2 Å². The number of Topliss-reactive ketones (excluding diaryl/α,β-unsaturated/α-hetero) is 3. The lowest BCUT2D eigenvalue weighted by Crippen LogP contribution is -2.19. The van der Waals surface area contributed by atoms with Gasteiger partial charge in [-0.05, 0) is 88.4 Å². The molecule has 0 aromatic carbocycles. The van der Waals surface area contributed by atoms with Gasteiger partial charge in [-0.25, -0.2) is 0 Å². The maximum Gasteiger partial charge on any atom is 0.303 e. The van der Waals surface area contributed by atoms with Gasteiger partial charge >= 0.3 is 5.97 Å². The monoisotopic (exact) mass is 811 g/mol. The SMILES string of the molecule is CC(C)C(=O)CCCCCCCC(=O)O.CC1=C(/C=C/C(C)=C/C=C/C(C)=C/C(=O)C(C)C)C(C)(C)CCC1.CCC(=O)C(C)C.CCCC(CCC)C(=O)C(C)C. The number of allylic oxidation sites excluding steroid dienone is 10. The van der Waals surface area contributed by atoms with E-state index in [9.17, 15) is 24.0 Å². The van der Waals surface area contributed by atoms with E-state index in [-0.39, 0.29) is 41.3 Å². The number of aliphatic carboxylic acids is 1. The van der Waals surface area contributed by atoms with Crippen molar-refractivity contribution in [3.05, 3.63) is 58.7 Å². The van der Waals surface area contributed by atoms with Crippen molar-refractivity contribution in [3.63, 3.8) is 0 Å². The Morgan fingerprint density at radius 1 is 0.690 bits per heavy atom. The van der Waals surface area contributed by atoms with Gasteiger partial charge in [0.05, 0.1) is 0 Å². The van der Waals surface area contributed by atoms with Crippen molar-refractivity contribution in [2.75, 3.05) is 0 Å². The Hall–Kier alpha value is -3.15. The third-order valence-electron chi connectivity index (χ3n) is 10.4. The first kappa shape index (κ1) is 59.2. The predicted octanol–water partition coefficient (Wildman–Crippen LogP) is 14.8. The Labute approximate surface area is 358 Å². The van der Waals surface area contributed by atoms with Crippen LogP contribution in [0.4, 0.5) is 0 Å². The third kappa shape index (κ3) is 31.8. The summed E-state index contributed by atoms with van der Waals surface area (Å²) in [6, 6.07) is 0. The lowest BCUT2D eigenvalue weighted by Gasteiger charge is -2.32. The standard InChI is InChI=1S/C23H34O.C12H22O3.C11H22O.C6H12O/c1-17(2)22(24)16-19(4)11-8-10-18(3)13-14-21-20(5)12-9-15-23(21,6)7;1-10(2)11(13)8-6-4-3-5-7-9-12(14)15;1-5-7-10(8-6-2)11(12)9(3)4;1-4-6(7)5(2)3/h8,10-11,13-14,16-17H,9,12,15H2,1-7H3;10H,3-9H2,1-2H3,(H,14,15);9-10H,5-8H2,1-4H3;5H,4H2,1-3H3/b11-8+,14-13+,18-10+,19-16+;;;. The summed E-state index contributed by atoms with van der Waals surface area (Å²) in [7, 11) is 0. The number of ketones is 4. The molecule has 58 heavy (non-hydrogen) atoms. The van der Waals surface area contributed by atoms with Crippen molar-refractivity contribution in [2.24, 2.45) is 35.0 Å². The summed E-state index contributed by atoms with van der Waals surface area (Å²) in [5, 5.41) is 8.41. The highest BCUT2D eigenvalue weighted by Gasteiger charge is 2.26. The molecule has 0 bridgehead atoms. The fourth-order valence-electron chi connectivity index (χ4n) is 6.47. The van der Waals surface area contributed by atoms with E-state index in [1.54, 1.807) is 6.08 Å². The molecule has 0 radical (unpaired) electrons. The predicted molar refractivity (Wildman–Crippen MR) is 249 cm³/mol. The number of carbonyl (C=O) groups excluding carboxylic acids is 4. The summed E-state index contributed by atoms with van der Waals surface area (Å²) in [6.45, 7) is 32.8. The number of rotatable bonds is 23. The zero-order valence-electron chi connectivity index (χ0n) is 40.4. The minimum Gasteiger partial charge on any atom is -0.481 e. The fraction of sp³-hybridized carbons (Fsp3) is 0.712. The molecule has 1 aliphatic rings. The fourth-order valence-corrected chi connectivity index (χ4v) is 6.47. The Morgan fingerprint density at radius 3 is 1.62 bits per heavy atom. The second-order valence-corrected chi connectivity index (χ2v) is 18.1. The van der Waals surface area contributed by atoms with Crippen molar-refractivity contribution in [1.29, 1.82) is 0 Å². The van der Waals surface area contributed by atoms with Crippen LogP contribution in [0.15, 0.2) is 58.7 Å². The van der Waals surface area contributed by atoms with Crippen LogP contribution in [-0.2, 0) is 24.0 Å². The summed E-state index contributed by atoms with van der Waals surface area (Å²) in [4.78, 5) is 55.3. The molecule has 0 amide bonds. The molecule has 334 valence electrons. The van der Waals surface area contributed by atoms with E-state index < -0.39 is 5.97 Å². The third-order valence-corrected chi connectivity index (χ3v) is 10.4. The lowest BCUT2D eigenvalue weighted by atomic mass is 9.72. The summed E-state index contributed by atoms with van der Waals surface area (Å²) in [5.74, 6) is 1.59. The largest absolute Gasteiger partial charge is 0.481 e. The van der Waals surface area contributed by atoms with Crippen molar-refractivity contribution >= 4 is 29.1 Å². The molecule has 1 rings (SSSR count). The van der Waals surface area contributed by atoms with Crippen LogP contribution in [0, 0.1) is 35.0 Å². The number of unbranched alkanes of at least 4 members (excludes halogenated alkanes) is 4. The summed E-state index contributed by atoms with van der Waals surface area (Å²) in [5.41, 5.74) is 5.51. The van der Waals surface area contributed by atoms with E-state index in [1.165, 1.54) is 36.0 Å². The lowest BCUT2D eigenvalue weighted by molar-refractivity contribution is -0.137. The van der Waals surface area contributed by atoms with E-state index in [1.807, 2.05) is 81.4 Å². The Morgan fingerprint density at radius 2 is 1.21 bits per heavy atom. The van der Waals surface area contributed by atoms with Crippen LogP contribution < -0.4 is 0 Å². The van der Waals surface area contributed by atoms with Crippen LogP contribution in [0.25, 0.3) is 0 Å². The van der Waals surface area contributed by atoms with Gasteiger partial charge < -0.3 is 5.11 Å². The van der Waals surface area contributed by atoms with Crippen LogP contribution in [0.3, 0.4) is 0 Å². The highest BCUT2D eigenvalue weighted by atomic mass is 16.4. The normalized spacial score (nSPS) is 14.4. The minimum atomic E-state index is -0.718. The number of carboxylic acid groups (broad SMARTS) is 1. The second kappa shape index (κ2) is 34.7. The molecule has 0 fully saturated rings. The van der Waals surface area contributed by atoms with Gasteiger partial charge in [0.1, 0.15) is 17.3 Å². The maximum absolute atomic E-state index is 11.7. The summed E-state index contributed by atoms with van der Waals surface area (Å²) < 4.78 is 0. The molecule has 0 spiro atoms. The van der Waals surface area contributed by atoms with Crippen molar-refractivity contribution in [3.8, 4) is 0 Å². The van der Waals surface area contributed by atoms with Crippen LogP contribution in [0.5, 0.6) is 0 Å². The zero-order chi connectivity index (χ0) is 45.4. The molecule has 1 aliphatic carbocycles. The zero-order valence-corrected chi connectivity index (χ0v) is 40.4. The number of carbonyl (C=O) groups is 5. The van der Waals surface area contributed by atoms with Crippen molar-refractivity contribution in [1.82, 2.24) is 0 Å². The topological polar surface area (TPSA) is 106 Å². The van der Waals surface area contributed by atoms with E-state index in [4.69, 9.17) is 5.11 Å². The van der Waals surface area contributed by atoms with Gasteiger partial charge in [0, 0.05) is 48.9 Å². The Kier molecular flexibility index (Phi) is 35.4. The molecule has 6 heteroatoms. The highest BCUT2D eigenvalue weighted by Crippen LogP contribution is 2.40. The Bertz CT molecular complexity index is 1340. The molecule has 0 saturated carbocycles. The van der Waals surface area contributed by atoms with Gasteiger partial charge in [0.2, 0.25) is 0 Å². The smallest absolute Gasteiger partial charge is 0.303 e. The molecule has 0 aromatic rings. The van der Waals surface area contributed by atoms with Gasteiger partial charge in [0.15, 0.2) is 5.78 Å². The first-order valence-electron chi connectivity index (χ1n) is 22.7. The maximum atomic E-state index is 11.7. The van der Waals surface area contributed by atoms with E-state index >= 15 is 0 Å². The van der Waals surface area contributed by atoms with Crippen LogP contribution in [0.2, 0.25) is 0 Å². The molecule has 6 nitrogen and oxygen atoms in total. The molecule has 0 unspecified atom stereocenters. The second-order valence-electron chi connectivity index (χ2n) is 18.1. The average Bonchev–Trinajstić information content (AvgIpc) is 3.13. The molecular formula is C52H90O6. The molecular weight excluding hydrogens is 721 g/mol. The average molecular weight is 811 g/mol. The van der Waals surface area contributed by atoms with E-state index in [0.29, 0.717) is 36.1 Å². The number of hydrogen-bond acceptors (Lipinski definition) is 5. The number of hydrogen-bond donors (Lipinski definition) is 1. The molecule has 0 atom stereocenters. The molecule has 0 saturated heterocycles.